The molecule has 0 bridgehead atoms. The molecule has 1 aromatic heterocycles. The lowest BCUT2D eigenvalue weighted by Gasteiger charge is -2.08. The number of aryl methyl sites for hydroxylation is 1. The summed E-state index contributed by atoms with van der Waals surface area (Å²) in [5.74, 6) is 0. The second-order valence-electron chi connectivity index (χ2n) is 4.06. The van der Waals surface area contributed by atoms with Gasteiger partial charge in [-0.2, -0.15) is 0 Å². The Kier molecular flexibility index (Phi) is 3.73. The minimum absolute atomic E-state index is 0.586. The van der Waals surface area contributed by atoms with Crippen LogP contribution in [0.5, 0.6) is 0 Å². The van der Waals surface area contributed by atoms with E-state index in [-0.39, 0.29) is 0 Å². The number of rotatable bonds is 4. The van der Waals surface area contributed by atoms with E-state index < -0.39 is 0 Å². The van der Waals surface area contributed by atoms with Gasteiger partial charge in [0.15, 0.2) is 0 Å². The van der Waals surface area contributed by atoms with Crippen molar-refractivity contribution in [3.05, 3.63) is 59.4 Å². The third-order valence-electron chi connectivity index (χ3n) is 2.62. The number of nitrogens with two attached hydrogens (primary N) is 1. The molecule has 2 aromatic rings. The van der Waals surface area contributed by atoms with Gasteiger partial charge in [0.2, 0.25) is 0 Å². The van der Waals surface area contributed by atoms with Crippen LogP contribution < -0.4 is 11.1 Å². The molecule has 88 valence electrons. The van der Waals surface area contributed by atoms with Crippen LogP contribution in [-0.4, -0.2) is 4.98 Å². The van der Waals surface area contributed by atoms with Crippen molar-refractivity contribution in [3.63, 3.8) is 0 Å². The van der Waals surface area contributed by atoms with Crippen LogP contribution in [0.15, 0.2) is 42.6 Å². The first-order valence-corrected chi connectivity index (χ1v) is 5.72. The summed E-state index contributed by atoms with van der Waals surface area (Å²) in [6.45, 7) is 3.37. The molecule has 2 rings (SSSR count). The molecule has 0 amide bonds. The molecular formula is C14H17N3. The Morgan fingerprint density at radius 1 is 1.18 bits per heavy atom. The van der Waals surface area contributed by atoms with E-state index in [1.807, 2.05) is 37.4 Å². The molecular weight excluding hydrogens is 210 g/mol. The number of nitrogens with zero attached hydrogens (tertiary/aromatic N) is 1. The monoisotopic (exact) mass is 227 g/mol. The fourth-order valence-corrected chi connectivity index (χ4v) is 1.73. The zero-order chi connectivity index (χ0) is 12.1. The molecule has 0 atom stereocenters. The fraction of sp³-hybridized carbons (Fsp3) is 0.214. The second kappa shape index (κ2) is 5.46. The van der Waals surface area contributed by atoms with Gasteiger partial charge in [-0.15, -0.1) is 0 Å². The van der Waals surface area contributed by atoms with Gasteiger partial charge >= 0.3 is 0 Å². The first-order valence-electron chi connectivity index (χ1n) is 5.72. The van der Waals surface area contributed by atoms with Crippen LogP contribution in [0.4, 0.5) is 5.69 Å². The van der Waals surface area contributed by atoms with E-state index in [1.165, 1.54) is 5.56 Å². The van der Waals surface area contributed by atoms with Crippen molar-refractivity contribution in [1.29, 1.82) is 0 Å². The van der Waals surface area contributed by atoms with Crippen LogP contribution in [0.1, 0.15) is 16.8 Å². The minimum atomic E-state index is 0.586. The van der Waals surface area contributed by atoms with E-state index in [2.05, 4.69) is 22.4 Å². The summed E-state index contributed by atoms with van der Waals surface area (Å²) in [6, 6.07) is 12.3. The van der Waals surface area contributed by atoms with E-state index in [0.29, 0.717) is 6.54 Å². The van der Waals surface area contributed by atoms with Crippen LogP contribution in [0.3, 0.4) is 0 Å². The number of nitrogens with one attached hydrogen (secondary N) is 1. The Hall–Kier alpha value is -1.87. The fourth-order valence-electron chi connectivity index (χ4n) is 1.73. The largest absolute Gasteiger partial charge is 0.381 e. The smallest absolute Gasteiger partial charge is 0.0400 e. The molecule has 1 heterocycles. The van der Waals surface area contributed by atoms with Crippen LogP contribution in [-0.2, 0) is 13.1 Å². The van der Waals surface area contributed by atoms with E-state index in [1.54, 1.807) is 0 Å². The minimum Gasteiger partial charge on any atom is -0.381 e. The maximum Gasteiger partial charge on any atom is 0.0400 e. The molecule has 0 fully saturated rings. The first-order chi connectivity index (χ1) is 8.28. The SMILES string of the molecule is Cc1cc(NCc2cccc(CN)c2)ccn1. The lowest BCUT2D eigenvalue weighted by Crippen LogP contribution is -2.02. The van der Waals surface area contributed by atoms with Crippen molar-refractivity contribution in [2.45, 2.75) is 20.0 Å². The van der Waals surface area contributed by atoms with Gasteiger partial charge in [0, 0.05) is 30.7 Å². The Morgan fingerprint density at radius 3 is 2.76 bits per heavy atom. The summed E-state index contributed by atoms with van der Waals surface area (Å²) in [5, 5.41) is 3.37. The quantitative estimate of drug-likeness (QED) is 0.843. The lowest BCUT2D eigenvalue weighted by molar-refractivity contribution is 1.05. The Labute approximate surface area is 102 Å². The van der Waals surface area contributed by atoms with Gasteiger partial charge in [-0.05, 0) is 30.2 Å². The highest BCUT2D eigenvalue weighted by atomic mass is 14.9. The third kappa shape index (κ3) is 3.29. The maximum atomic E-state index is 5.62. The van der Waals surface area contributed by atoms with Crippen LogP contribution in [0, 0.1) is 6.92 Å². The van der Waals surface area contributed by atoms with Crippen LogP contribution in [0.25, 0.3) is 0 Å². The molecule has 0 saturated carbocycles. The molecule has 0 unspecified atom stereocenters. The predicted molar refractivity (Wildman–Crippen MR) is 70.6 cm³/mol. The number of anilines is 1. The summed E-state index contributed by atoms with van der Waals surface area (Å²) >= 11 is 0. The van der Waals surface area contributed by atoms with Crippen LogP contribution >= 0.6 is 0 Å². The molecule has 3 nitrogen and oxygen atoms in total. The van der Waals surface area contributed by atoms with Gasteiger partial charge in [0.25, 0.3) is 0 Å². The number of hydrogen-bond donors (Lipinski definition) is 2. The third-order valence-corrected chi connectivity index (χ3v) is 2.62. The average Bonchev–Trinajstić information content (AvgIpc) is 2.37. The van der Waals surface area contributed by atoms with Gasteiger partial charge in [0.1, 0.15) is 0 Å². The summed E-state index contributed by atoms with van der Waals surface area (Å²) in [5.41, 5.74) is 10.1. The summed E-state index contributed by atoms with van der Waals surface area (Å²) in [4.78, 5) is 4.17. The highest BCUT2D eigenvalue weighted by Gasteiger charge is 1.96. The maximum absolute atomic E-state index is 5.62. The normalized spacial score (nSPS) is 10.2. The summed E-state index contributed by atoms with van der Waals surface area (Å²) in [7, 11) is 0. The zero-order valence-corrected chi connectivity index (χ0v) is 9.98. The summed E-state index contributed by atoms with van der Waals surface area (Å²) in [6.07, 6.45) is 1.81. The average molecular weight is 227 g/mol. The van der Waals surface area contributed by atoms with E-state index in [0.717, 1.165) is 23.5 Å². The van der Waals surface area contributed by atoms with E-state index in [9.17, 15) is 0 Å². The molecule has 0 aliphatic heterocycles. The Bertz CT molecular complexity index is 494. The molecule has 0 spiro atoms. The van der Waals surface area contributed by atoms with Crippen molar-refractivity contribution < 1.29 is 0 Å². The van der Waals surface area contributed by atoms with Gasteiger partial charge in [0.05, 0.1) is 0 Å². The van der Waals surface area contributed by atoms with Crippen molar-refractivity contribution in [1.82, 2.24) is 4.98 Å². The molecule has 0 saturated heterocycles. The number of pyridine rings is 1. The Balaban J connectivity index is 2.02. The molecule has 3 N–H and O–H groups in total. The van der Waals surface area contributed by atoms with Crippen molar-refractivity contribution in [2.75, 3.05) is 5.32 Å². The van der Waals surface area contributed by atoms with Crippen LogP contribution in [0.2, 0.25) is 0 Å². The van der Waals surface area contributed by atoms with Gasteiger partial charge in [-0.1, -0.05) is 24.3 Å². The highest BCUT2D eigenvalue weighted by Crippen LogP contribution is 2.10. The van der Waals surface area contributed by atoms with E-state index in [4.69, 9.17) is 5.73 Å². The van der Waals surface area contributed by atoms with E-state index >= 15 is 0 Å². The lowest BCUT2D eigenvalue weighted by atomic mass is 10.1. The first kappa shape index (κ1) is 11.6. The molecule has 0 radical (unpaired) electrons. The molecule has 3 heteroatoms. The number of hydrogen-bond acceptors (Lipinski definition) is 3. The number of aromatic nitrogens is 1. The molecule has 1 aromatic carbocycles. The van der Waals surface area contributed by atoms with Crippen molar-refractivity contribution in [3.8, 4) is 0 Å². The standard InChI is InChI=1S/C14H17N3/c1-11-7-14(5-6-16-11)17-10-13-4-2-3-12(8-13)9-15/h2-8H,9-10,15H2,1H3,(H,16,17). The topological polar surface area (TPSA) is 50.9 Å². The molecule has 0 aliphatic carbocycles. The highest BCUT2D eigenvalue weighted by molar-refractivity contribution is 5.43. The van der Waals surface area contributed by atoms with Crippen molar-refractivity contribution >= 4 is 5.69 Å². The second-order valence-corrected chi connectivity index (χ2v) is 4.06. The van der Waals surface area contributed by atoms with Crippen molar-refractivity contribution in [2.24, 2.45) is 5.73 Å². The Morgan fingerprint density at radius 2 is 2.00 bits per heavy atom. The predicted octanol–water partition coefficient (Wildman–Crippen LogP) is 2.46. The number of benzene rings is 1. The molecule has 0 aliphatic rings. The van der Waals surface area contributed by atoms with Gasteiger partial charge in [-0.25, -0.2) is 0 Å². The summed E-state index contributed by atoms with van der Waals surface area (Å²) < 4.78 is 0. The van der Waals surface area contributed by atoms with Gasteiger partial charge < -0.3 is 11.1 Å². The van der Waals surface area contributed by atoms with Gasteiger partial charge in [-0.3, -0.25) is 4.98 Å². The zero-order valence-electron chi connectivity index (χ0n) is 9.98. The molecule has 17 heavy (non-hydrogen) atoms.